The molecule has 162 valence electrons. The van der Waals surface area contributed by atoms with Crippen LogP contribution in [0.2, 0.25) is 5.02 Å². The molecular formula is C23H21ClINO4S. The maximum Gasteiger partial charge on any atom is 0.339 e. The van der Waals surface area contributed by atoms with Gasteiger partial charge in [-0.15, -0.1) is 0 Å². The van der Waals surface area contributed by atoms with Crippen LogP contribution in [0.4, 0.5) is 5.69 Å². The predicted octanol–water partition coefficient (Wildman–Crippen LogP) is 6.48. The molecule has 0 unspecified atom stereocenters. The van der Waals surface area contributed by atoms with Gasteiger partial charge in [0.15, 0.2) is 11.5 Å². The lowest BCUT2D eigenvalue weighted by Gasteiger charge is -2.14. The summed E-state index contributed by atoms with van der Waals surface area (Å²) in [6, 6.07) is 15.4. The van der Waals surface area contributed by atoms with E-state index in [9.17, 15) is 8.42 Å². The first-order valence-corrected chi connectivity index (χ1v) is 12.3. The van der Waals surface area contributed by atoms with E-state index in [0.29, 0.717) is 20.9 Å². The third-order valence-corrected chi connectivity index (χ3v) is 6.63. The standard InChI is InChI=1S/C23H21ClINO4S/c1-4-29-22-13-17(14-26-21-11-15(2)5-6-16(21)3)12-20(25)23(22)30-31(27,28)19-9-7-18(24)8-10-19/h5-14H,4H2,1-3H3. The lowest BCUT2D eigenvalue weighted by atomic mass is 10.1. The van der Waals surface area contributed by atoms with Gasteiger partial charge in [-0.05, 0) is 103 Å². The molecule has 0 aliphatic rings. The average Bonchev–Trinajstić information content (AvgIpc) is 2.71. The molecule has 0 radical (unpaired) electrons. The first-order valence-electron chi connectivity index (χ1n) is 9.47. The Balaban J connectivity index is 1.96. The van der Waals surface area contributed by atoms with E-state index in [2.05, 4.69) is 4.99 Å². The van der Waals surface area contributed by atoms with Gasteiger partial charge >= 0.3 is 10.1 Å². The van der Waals surface area contributed by atoms with Gasteiger partial charge in [0.1, 0.15) is 4.90 Å². The summed E-state index contributed by atoms with van der Waals surface area (Å²) in [5.41, 5.74) is 3.83. The summed E-state index contributed by atoms with van der Waals surface area (Å²) >= 11 is 7.88. The molecule has 0 saturated heterocycles. The van der Waals surface area contributed by atoms with E-state index < -0.39 is 10.1 Å². The Bertz CT molecular complexity index is 1230. The first kappa shape index (κ1) is 23.6. The van der Waals surface area contributed by atoms with Crippen molar-refractivity contribution in [1.82, 2.24) is 0 Å². The largest absolute Gasteiger partial charge is 0.490 e. The molecule has 0 heterocycles. The maximum absolute atomic E-state index is 12.7. The highest BCUT2D eigenvalue weighted by molar-refractivity contribution is 14.1. The molecule has 0 aliphatic carbocycles. The van der Waals surface area contributed by atoms with Gasteiger partial charge in [-0.25, -0.2) is 0 Å². The topological polar surface area (TPSA) is 65.0 Å². The summed E-state index contributed by atoms with van der Waals surface area (Å²) in [4.78, 5) is 4.59. The molecule has 0 fully saturated rings. The van der Waals surface area contributed by atoms with Crippen LogP contribution in [0.15, 0.2) is 64.5 Å². The Kier molecular flexibility index (Phi) is 7.61. The Morgan fingerprint density at radius 3 is 2.45 bits per heavy atom. The summed E-state index contributed by atoms with van der Waals surface area (Å²) in [6.07, 6.45) is 1.73. The second kappa shape index (κ2) is 10.0. The first-order chi connectivity index (χ1) is 14.7. The molecule has 0 atom stereocenters. The summed E-state index contributed by atoms with van der Waals surface area (Å²) in [5, 5.41) is 0.441. The summed E-state index contributed by atoms with van der Waals surface area (Å²) in [7, 11) is -4.05. The third-order valence-electron chi connectivity index (χ3n) is 4.34. The van der Waals surface area contributed by atoms with Crippen LogP contribution in [0.1, 0.15) is 23.6 Å². The minimum atomic E-state index is -4.05. The summed E-state index contributed by atoms with van der Waals surface area (Å²) in [5.74, 6) is 0.468. The molecule has 5 nitrogen and oxygen atoms in total. The van der Waals surface area contributed by atoms with Crippen LogP contribution in [-0.4, -0.2) is 21.2 Å². The Hall–Kier alpha value is -2.10. The van der Waals surface area contributed by atoms with Crippen LogP contribution >= 0.6 is 34.2 Å². The quantitative estimate of drug-likeness (QED) is 0.186. The second-order valence-corrected chi connectivity index (χ2v) is 9.95. The Labute approximate surface area is 201 Å². The number of benzene rings is 3. The molecule has 8 heteroatoms. The van der Waals surface area contributed by atoms with E-state index in [-0.39, 0.29) is 10.6 Å². The lowest BCUT2D eigenvalue weighted by Crippen LogP contribution is -2.12. The highest BCUT2D eigenvalue weighted by Crippen LogP contribution is 2.36. The van der Waals surface area contributed by atoms with Gasteiger partial charge in [-0.2, -0.15) is 8.42 Å². The summed E-state index contributed by atoms with van der Waals surface area (Å²) < 4.78 is 37.2. The van der Waals surface area contributed by atoms with Crippen LogP contribution in [0, 0.1) is 17.4 Å². The normalized spacial score (nSPS) is 11.6. The number of rotatable bonds is 7. The van der Waals surface area contributed by atoms with Crippen molar-refractivity contribution in [2.75, 3.05) is 6.61 Å². The Morgan fingerprint density at radius 2 is 1.77 bits per heavy atom. The number of nitrogens with zero attached hydrogens (tertiary/aromatic N) is 1. The minimum Gasteiger partial charge on any atom is -0.490 e. The molecule has 0 saturated carbocycles. The number of aliphatic imine (C=N–C) groups is 1. The van der Waals surface area contributed by atoms with Gasteiger partial charge in [-0.3, -0.25) is 4.99 Å². The van der Waals surface area contributed by atoms with Crippen molar-refractivity contribution < 1.29 is 17.3 Å². The molecule has 3 rings (SSSR count). The van der Waals surface area contributed by atoms with Crippen LogP contribution in [-0.2, 0) is 10.1 Å². The highest BCUT2D eigenvalue weighted by Gasteiger charge is 2.22. The van der Waals surface area contributed by atoms with Gasteiger partial charge in [0.25, 0.3) is 0 Å². The molecule has 0 amide bonds. The van der Waals surface area contributed by atoms with Gasteiger partial charge in [-0.1, -0.05) is 23.7 Å². The monoisotopic (exact) mass is 569 g/mol. The van der Waals surface area contributed by atoms with E-state index in [1.807, 2.05) is 61.6 Å². The van der Waals surface area contributed by atoms with Crippen molar-refractivity contribution in [1.29, 1.82) is 0 Å². The molecule has 0 aliphatic heterocycles. The fraction of sp³-hybridized carbons (Fsp3) is 0.174. The number of aryl methyl sites for hydroxylation is 2. The molecule has 0 N–H and O–H groups in total. The summed E-state index contributed by atoms with van der Waals surface area (Å²) in [6.45, 7) is 6.19. The fourth-order valence-corrected chi connectivity index (χ4v) is 4.74. The van der Waals surface area contributed by atoms with Crippen LogP contribution in [0.5, 0.6) is 11.5 Å². The van der Waals surface area contributed by atoms with Gasteiger partial charge < -0.3 is 8.92 Å². The fourth-order valence-electron chi connectivity index (χ4n) is 2.77. The van der Waals surface area contributed by atoms with E-state index in [0.717, 1.165) is 22.4 Å². The van der Waals surface area contributed by atoms with Crippen molar-refractivity contribution in [2.24, 2.45) is 4.99 Å². The molecule has 3 aromatic carbocycles. The van der Waals surface area contributed by atoms with Crippen molar-refractivity contribution in [2.45, 2.75) is 25.7 Å². The average molecular weight is 570 g/mol. The van der Waals surface area contributed by atoms with Crippen molar-refractivity contribution in [3.05, 3.63) is 79.9 Å². The lowest BCUT2D eigenvalue weighted by molar-refractivity contribution is 0.327. The molecule has 0 bridgehead atoms. The second-order valence-electron chi connectivity index (χ2n) is 6.80. The van der Waals surface area contributed by atoms with Crippen molar-refractivity contribution in [3.63, 3.8) is 0 Å². The molecular weight excluding hydrogens is 549 g/mol. The SMILES string of the molecule is CCOc1cc(C=Nc2cc(C)ccc2C)cc(I)c1OS(=O)(=O)c1ccc(Cl)cc1. The number of halogens is 2. The molecule has 31 heavy (non-hydrogen) atoms. The number of hydrogen-bond donors (Lipinski definition) is 0. The molecule has 3 aromatic rings. The van der Waals surface area contributed by atoms with E-state index in [1.165, 1.54) is 24.3 Å². The smallest absolute Gasteiger partial charge is 0.339 e. The van der Waals surface area contributed by atoms with Crippen LogP contribution in [0.25, 0.3) is 0 Å². The minimum absolute atomic E-state index is 0.00992. The molecule has 0 spiro atoms. The van der Waals surface area contributed by atoms with E-state index in [4.69, 9.17) is 20.5 Å². The predicted molar refractivity (Wildman–Crippen MR) is 133 cm³/mol. The van der Waals surface area contributed by atoms with Gasteiger partial charge in [0.05, 0.1) is 15.9 Å². The maximum atomic E-state index is 12.7. The Morgan fingerprint density at radius 1 is 1.06 bits per heavy atom. The van der Waals surface area contributed by atoms with E-state index >= 15 is 0 Å². The van der Waals surface area contributed by atoms with E-state index in [1.54, 1.807) is 18.3 Å². The zero-order valence-electron chi connectivity index (χ0n) is 17.2. The van der Waals surface area contributed by atoms with Gasteiger partial charge in [0, 0.05) is 11.2 Å². The zero-order valence-corrected chi connectivity index (χ0v) is 21.0. The molecule has 0 aromatic heterocycles. The number of hydrogen-bond acceptors (Lipinski definition) is 5. The van der Waals surface area contributed by atoms with Crippen molar-refractivity contribution >= 4 is 56.2 Å². The zero-order chi connectivity index (χ0) is 22.6. The van der Waals surface area contributed by atoms with Gasteiger partial charge in [0.2, 0.25) is 0 Å². The van der Waals surface area contributed by atoms with Crippen LogP contribution < -0.4 is 8.92 Å². The third kappa shape index (κ3) is 5.99. The van der Waals surface area contributed by atoms with Crippen LogP contribution in [0.3, 0.4) is 0 Å². The van der Waals surface area contributed by atoms with Crippen molar-refractivity contribution in [3.8, 4) is 11.5 Å². The highest BCUT2D eigenvalue weighted by atomic mass is 127. The number of ether oxygens (including phenoxy) is 1.